The first-order valence-corrected chi connectivity index (χ1v) is 7.55. The van der Waals surface area contributed by atoms with Gasteiger partial charge in [0.05, 0.1) is 5.69 Å². The van der Waals surface area contributed by atoms with E-state index in [9.17, 15) is 4.79 Å². The van der Waals surface area contributed by atoms with E-state index in [0.717, 1.165) is 15.5 Å². The third-order valence-corrected chi connectivity index (χ3v) is 4.25. The molecule has 0 aliphatic carbocycles. The van der Waals surface area contributed by atoms with Crippen molar-refractivity contribution in [2.45, 2.75) is 10.9 Å². The molecule has 0 aliphatic rings. The van der Waals surface area contributed by atoms with Gasteiger partial charge in [-0.2, -0.15) is 0 Å². The molecule has 1 unspecified atom stereocenters. The van der Waals surface area contributed by atoms with Crippen LogP contribution < -0.4 is 11.1 Å². The molecule has 94 valence electrons. The standard InChI is InChI=1S/C13H14N2OS2/c1-17-10-6-3-2-5-9(10)15-13(16)12(14)11-7-4-8-18-11/h2-8,12H,14H2,1H3,(H,15,16). The molecule has 0 bridgehead atoms. The second kappa shape index (κ2) is 6.04. The predicted molar refractivity (Wildman–Crippen MR) is 78.1 cm³/mol. The molecule has 5 heteroatoms. The van der Waals surface area contributed by atoms with Crippen molar-refractivity contribution in [1.82, 2.24) is 0 Å². The molecule has 0 saturated heterocycles. The molecule has 1 atom stereocenters. The average Bonchev–Trinajstić information content (AvgIpc) is 2.92. The normalized spacial score (nSPS) is 12.1. The van der Waals surface area contributed by atoms with Crippen LogP contribution in [0.2, 0.25) is 0 Å². The molecule has 0 fully saturated rings. The smallest absolute Gasteiger partial charge is 0.246 e. The Labute approximate surface area is 114 Å². The van der Waals surface area contributed by atoms with Crippen molar-refractivity contribution in [3.63, 3.8) is 0 Å². The summed E-state index contributed by atoms with van der Waals surface area (Å²) in [6, 6.07) is 10.8. The monoisotopic (exact) mass is 278 g/mol. The number of amides is 1. The van der Waals surface area contributed by atoms with E-state index in [2.05, 4.69) is 5.32 Å². The Hall–Kier alpha value is -1.30. The lowest BCUT2D eigenvalue weighted by Crippen LogP contribution is -2.27. The summed E-state index contributed by atoms with van der Waals surface area (Å²) >= 11 is 3.08. The van der Waals surface area contributed by atoms with E-state index in [1.807, 2.05) is 48.0 Å². The maximum Gasteiger partial charge on any atom is 0.246 e. The van der Waals surface area contributed by atoms with E-state index < -0.39 is 6.04 Å². The van der Waals surface area contributed by atoms with Gasteiger partial charge in [0.1, 0.15) is 6.04 Å². The van der Waals surface area contributed by atoms with Gasteiger partial charge in [0.15, 0.2) is 0 Å². The van der Waals surface area contributed by atoms with Crippen LogP contribution in [0.5, 0.6) is 0 Å². The molecule has 1 aromatic carbocycles. The van der Waals surface area contributed by atoms with Gasteiger partial charge in [0.2, 0.25) is 5.91 Å². The molecule has 3 N–H and O–H groups in total. The van der Waals surface area contributed by atoms with Crippen LogP contribution in [0, 0.1) is 0 Å². The fourth-order valence-corrected chi connectivity index (χ4v) is 2.83. The first-order chi connectivity index (χ1) is 8.72. The number of carbonyl (C=O) groups is 1. The van der Waals surface area contributed by atoms with E-state index in [-0.39, 0.29) is 5.91 Å². The molecule has 1 amide bonds. The SMILES string of the molecule is CSc1ccccc1NC(=O)C(N)c1cccs1. The van der Waals surface area contributed by atoms with E-state index in [1.54, 1.807) is 11.8 Å². The van der Waals surface area contributed by atoms with Crippen LogP contribution in [0.25, 0.3) is 0 Å². The van der Waals surface area contributed by atoms with Crippen molar-refractivity contribution in [3.8, 4) is 0 Å². The quantitative estimate of drug-likeness (QED) is 0.845. The Bertz CT molecular complexity index is 526. The zero-order chi connectivity index (χ0) is 13.0. The first-order valence-electron chi connectivity index (χ1n) is 5.45. The van der Waals surface area contributed by atoms with Gasteiger partial charge in [-0.1, -0.05) is 18.2 Å². The molecule has 18 heavy (non-hydrogen) atoms. The Morgan fingerprint density at radius 2 is 2.11 bits per heavy atom. The lowest BCUT2D eigenvalue weighted by Gasteiger charge is -2.12. The Balaban J connectivity index is 2.12. The summed E-state index contributed by atoms with van der Waals surface area (Å²) in [4.78, 5) is 13.9. The number of benzene rings is 1. The van der Waals surface area contributed by atoms with Crippen LogP contribution in [0.4, 0.5) is 5.69 Å². The van der Waals surface area contributed by atoms with E-state index in [0.29, 0.717) is 0 Å². The number of hydrogen-bond acceptors (Lipinski definition) is 4. The summed E-state index contributed by atoms with van der Waals surface area (Å²) in [5.41, 5.74) is 6.72. The number of para-hydroxylation sites is 1. The van der Waals surface area contributed by atoms with Crippen LogP contribution in [-0.4, -0.2) is 12.2 Å². The molecule has 0 saturated carbocycles. The highest BCUT2D eigenvalue weighted by atomic mass is 32.2. The van der Waals surface area contributed by atoms with E-state index in [1.165, 1.54) is 11.3 Å². The third kappa shape index (κ3) is 2.93. The van der Waals surface area contributed by atoms with Crippen molar-refractivity contribution in [2.24, 2.45) is 5.73 Å². The zero-order valence-electron chi connectivity index (χ0n) is 9.92. The van der Waals surface area contributed by atoms with Crippen molar-refractivity contribution in [3.05, 3.63) is 46.7 Å². The van der Waals surface area contributed by atoms with Crippen molar-refractivity contribution >= 4 is 34.7 Å². The second-order valence-corrected chi connectivity index (χ2v) is 5.51. The molecule has 2 rings (SSSR count). The van der Waals surface area contributed by atoms with Crippen LogP contribution in [-0.2, 0) is 4.79 Å². The maximum absolute atomic E-state index is 12.0. The summed E-state index contributed by atoms with van der Waals surface area (Å²) in [7, 11) is 0. The minimum absolute atomic E-state index is 0.182. The number of rotatable bonds is 4. The van der Waals surface area contributed by atoms with Crippen LogP contribution in [0.1, 0.15) is 10.9 Å². The summed E-state index contributed by atoms with van der Waals surface area (Å²) < 4.78 is 0. The van der Waals surface area contributed by atoms with Crippen LogP contribution in [0.15, 0.2) is 46.7 Å². The summed E-state index contributed by atoms with van der Waals surface area (Å²) in [6.07, 6.45) is 1.98. The van der Waals surface area contributed by atoms with E-state index >= 15 is 0 Å². The highest BCUT2D eigenvalue weighted by Gasteiger charge is 2.17. The fraction of sp³-hybridized carbons (Fsp3) is 0.154. The third-order valence-electron chi connectivity index (χ3n) is 2.50. The van der Waals surface area contributed by atoms with Crippen LogP contribution >= 0.6 is 23.1 Å². The average molecular weight is 278 g/mol. The second-order valence-electron chi connectivity index (χ2n) is 3.68. The number of thioether (sulfide) groups is 1. The van der Waals surface area contributed by atoms with Gasteiger partial charge in [0, 0.05) is 9.77 Å². The number of carbonyl (C=O) groups excluding carboxylic acids is 1. The molecule has 0 aliphatic heterocycles. The number of hydrogen-bond donors (Lipinski definition) is 2. The molecule has 3 nitrogen and oxygen atoms in total. The minimum atomic E-state index is -0.611. The predicted octanol–water partition coefficient (Wildman–Crippen LogP) is 3.11. The van der Waals surface area contributed by atoms with Gasteiger partial charge in [-0.15, -0.1) is 23.1 Å². The summed E-state index contributed by atoms with van der Waals surface area (Å²) in [6.45, 7) is 0. The highest BCUT2D eigenvalue weighted by Crippen LogP contribution is 2.26. The van der Waals surface area contributed by atoms with Gasteiger partial charge in [-0.25, -0.2) is 0 Å². The van der Waals surface area contributed by atoms with Crippen molar-refractivity contribution < 1.29 is 4.79 Å². The Kier molecular flexibility index (Phi) is 4.41. The number of thiophene rings is 1. The Morgan fingerprint density at radius 3 is 2.78 bits per heavy atom. The van der Waals surface area contributed by atoms with Gasteiger partial charge in [0.25, 0.3) is 0 Å². The van der Waals surface area contributed by atoms with Gasteiger partial charge in [-0.3, -0.25) is 4.79 Å². The molecule has 0 spiro atoms. The molecule has 1 heterocycles. The lowest BCUT2D eigenvalue weighted by atomic mass is 10.2. The largest absolute Gasteiger partial charge is 0.323 e. The molecule has 0 radical (unpaired) electrons. The summed E-state index contributed by atoms with van der Waals surface area (Å²) in [5, 5.41) is 4.79. The fourth-order valence-electron chi connectivity index (χ4n) is 1.56. The number of nitrogens with one attached hydrogen (secondary N) is 1. The lowest BCUT2D eigenvalue weighted by molar-refractivity contribution is -0.117. The zero-order valence-corrected chi connectivity index (χ0v) is 11.6. The van der Waals surface area contributed by atoms with Crippen LogP contribution in [0.3, 0.4) is 0 Å². The molecule has 1 aromatic heterocycles. The van der Waals surface area contributed by atoms with Gasteiger partial charge in [-0.05, 0) is 29.8 Å². The topological polar surface area (TPSA) is 55.1 Å². The van der Waals surface area contributed by atoms with E-state index in [4.69, 9.17) is 5.73 Å². The summed E-state index contributed by atoms with van der Waals surface area (Å²) in [5.74, 6) is -0.182. The first kappa shape index (κ1) is 13.1. The number of anilines is 1. The molecular formula is C13H14N2OS2. The Morgan fingerprint density at radius 1 is 1.33 bits per heavy atom. The van der Waals surface area contributed by atoms with Gasteiger partial charge < -0.3 is 11.1 Å². The number of nitrogens with two attached hydrogens (primary N) is 1. The highest BCUT2D eigenvalue weighted by molar-refractivity contribution is 7.98. The maximum atomic E-state index is 12.0. The molecular weight excluding hydrogens is 264 g/mol. The van der Waals surface area contributed by atoms with Crippen molar-refractivity contribution in [1.29, 1.82) is 0 Å². The van der Waals surface area contributed by atoms with Crippen molar-refractivity contribution in [2.75, 3.05) is 11.6 Å². The van der Waals surface area contributed by atoms with Gasteiger partial charge >= 0.3 is 0 Å². The minimum Gasteiger partial charge on any atom is -0.323 e. The molecule has 2 aromatic rings.